The van der Waals surface area contributed by atoms with Crippen LogP contribution >= 0.6 is 0 Å². The molecule has 0 aliphatic carbocycles. The third-order valence-corrected chi connectivity index (χ3v) is 3.38. The second kappa shape index (κ2) is 5.93. The maximum Gasteiger partial charge on any atom is 0.419 e. The van der Waals surface area contributed by atoms with Gasteiger partial charge in [-0.3, -0.25) is 4.79 Å². The van der Waals surface area contributed by atoms with E-state index in [9.17, 15) is 18.0 Å². The molecule has 1 fully saturated rings. The summed E-state index contributed by atoms with van der Waals surface area (Å²) < 4.78 is 43.8. The summed E-state index contributed by atoms with van der Waals surface area (Å²) in [5, 5.41) is 0. The summed E-state index contributed by atoms with van der Waals surface area (Å²) >= 11 is 0. The van der Waals surface area contributed by atoms with Crippen LogP contribution in [0.2, 0.25) is 0 Å². The minimum absolute atomic E-state index is 0.0800. The van der Waals surface area contributed by atoms with Crippen molar-refractivity contribution in [2.24, 2.45) is 5.73 Å². The van der Waals surface area contributed by atoms with Crippen LogP contribution in [-0.4, -0.2) is 36.0 Å². The van der Waals surface area contributed by atoms with Gasteiger partial charge in [-0.05, 0) is 25.5 Å². The molecule has 1 saturated heterocycles. The van der Waals surface area contributed by atoms with Crippen LogP contribution in [0.15, 0.2) is 24.3 Å². The lowest BCUT2D eigenvalue weighted by molar-refractivity contribution is -0.143. The number of carbonyl (C=O) groups is 1. The van der Waals surface area contributed by atoms with Gasteiger partial charge in [0.05, 0.1) is 5.56 Å². The van der Waals surface area contributed by atoms with Crippen LogP contribution < -0.4 is 10.5 Å². The van der Waals surface area contributed by atoms with Gasteiger partial charge in [-0.2, -0.15) is 13.2 Å². The van der Waals surface area contributed by atoms with Crippen LogP contribution in [0.4, 0.5) is 13.2 Å². The standard InChI is InChI=1S/C14H17F3N2O2/c1-9(13(20)19-7-6-10(18)8-19)21-12-5-3-2-4-11(12)14(15,16)17/h2-5,9-10H,6-8,18H2,1H3/t9-,10-/m0/s1. The molecule has 2 atom stereocenters. The molecule has 116 valence electrons. The Kier molecular flexibility index (Phi) is 4.41. The number of alkyl halides is 3. The van der Waals surface area contributed by atoms with Crippen LogP contribution in [0.1, 0.15) is 18.9 Å². The molecular weight excluding hydrogens is 285 g/mol. The number of carbonyl (C=O) groups excluding carboxylic acids is 1. The van der Waals surface area contributed by atoms with Gasteiger partial charge in [-0.15, -0.1) is 0 Å². The second-order valence-corrected chi connectivity index (χ2v) is 5.09. The molecule has 4 nitrogen and oxygen atoms in total. The number of halogens is 3. The number of amides is 1. The number of hydrogen-bond acceptors (Lipinski definition) is 3. The van der Waals surface area contributed by atoms with Crippen molar-refractivity contribution >= 4 is 5.91 Å². The number of ether oxygens (including phenoxy) is 1. The number of benzene rings is 1. The number of likely N-dealkylation sites (tertiary alicyclic amines) is 1. The highest BCUT2D eigenvalue weighted by Crippen LogP contribution is 2.36. The molecule has 0 aromatic heterocycles. The fourth-order valence-electron chi connectivity index (χ4n) is 2.29. The Morgan fingerprint density at radius 3 is 2.67 bits per heavy atom. The normalized spacial score (nSPS) is 20.4. The van der Waals surface area contributed by atoms with Gasteiger partial charge >= 0.3 is 6.18 Å². The highest BCUT2D eigenvalue weighted by atomic mass is 19.4. The second-order valence-electron chi connectivity index (χ2n) is 5.09. The molecule has 0 spiro atoms. The van der Waals surface area contributed by atoms with E-state index >= 15 is 0 Å². The highest BCUT2D eigenvalue weighted by Gasteiger charge is 2.35. The van der Waals surface area contributed by atoms with E-state index < -0.39 is 17.8 Å². The number of nitrogens with two attached hydrogens (primary N) is 1. The van der Waals surface area contributed by atoms with Crippen molar-refractivity contribution in [1.82, 2.24) is 4.90 Å². The third kappa shape index (κ3) is 3.66. The Labute approximate surface area is 120 Å². The van der Waals surface area contributed by atoms with Crippen molar-refractivity contribution < 1.29 is 22.7 Å². The van der Waals surface area contributed by atoms with Crippen molar-refractivity contribution in [2.75, 3.05) is 13.1 Å². The average molecular weight is 302 g/mol. The van der Waals surface area contributed by atoms with Gasteiger partial charge in [-0.1, -0.05) is 12.1 Å². The molecule has 0 bridgehead atoms. The predicted molar refractivity (Wildman–Crippen MR) is 70.7 cm³/mol. The average Bonchev–Trinajstić information content (AvgIpc) is 2.84. The van der Waals surface area contributed by atoms with E-state index in [0.29, 0.717) is 19.5 Å². The predicted octanol–water partition coefficient (Wildman–Crippen LogP) is 2.03. The van der Waals surface area contributed by atoms with E-state index in [1.807, 2.05) is 0 Å². The Morgan fingerprint density at radius 2 is 2.10 bits per heavy atom. The summed E-state index contributed by atoms with van der Waals surface area (Å²) in [6.07, 6.45) is -4.81. The topological polar surface area (TPSA) is 55.6 Å². The zero-order chi connectivity index (χ0) is 15.6. The van der Waals surface area contributed by atoms with Crippen LogP contribution in [0.3, 0.4) is 0 Å². The van der Waals surface area contributed by atoms with E-state index in [1.165, 1.54) is 30.0 Å². The lowest BCUT2D eigenvalue weighted by Gasteiger charge is -2.23. The van der Waals surface area contributed by atoms with Gasteiger partial charge in [-0.25, -0.2) is 0 Å². The van der Waals surface area contributed by atoms with E-state index in [-0.39, 0.29) is 17.7 Å². The fourth-order valence-corrected chi connectivity index (χ4v) is 2.29. The Bertz CT molecular complexity index is 519. The molecule has 21 heavy (non-hydrogen) atoms. The molecule has 1 heterocycles. The third-order valence-electron chi connectivity index (χ3n) is 3.38. The van der Waals surface area contributed by atoms with Gasteiger partial charge < -0.3 is 15.4 Å². The van der Waals surface area contributed by atoms with Gasteiger partial charge in [0.15, 0.2) is 6.10 Å². The molecule has 1 aliphatic rings. The zero-order valence-corrected chi connectivity index (χ0v) is 11.6. The largest absolute Gasteiger partial charge is 0.480 e. The maximum atomic E-state index is 12.9. The molecule has 0 unspecified atom stereocenters. The van der Waals surface area contributed by atoms with Crippen molar-refractivity contribution in [2.45, 2.75) is 31.7 Å². The Hall–Kier alpha value is -1.76. The number of nitrogens with zero attached hydrogens (tertiary/aromatic N) is 1. The Morgan fingerprint density at radius 1 is 1.43 bits per heavy atom. The molecule has 1 amide bonds. The number of hydrogen-bond donors (Lipinski definition) is 1. The summed E-state index contributed by atoms with van der Waals surface area (Å²) in [6.45, 7) is 2.36. The van der Waals surface area contributed by atoms with E-state index in [4.69, 9.17) is 10.5 Å². The first kappa shape index (κ1) is 15.6. The zero-order valence-electron chi connectivity index (χ0n) is 11.6. The molecule has 0 radical (unpaired) electrons. The van der Waals surface area contributed by atoms with Crippen LogP contribution in [0, 0.1) is 0 Å². The van der Waals surface area contributed by atoms with Gasteiger partial charge in [0, 0.05) is 19.1 Å². The lowest BCUT2D eigenvalue weighted by atomic mass is 10.2. The summed E-state index contributed by atoms with van der Waals surface area (Å²) in [7, 11) is 0. The molecule has 2 rings (SSSR count). The first-order valence-corrected chi connectivity index (χ1v) is 6.66. The maximum absolute atomic E-state index is 12.9. The molecular formula is C14H17F3N2O2. The molecule has 0 saturated carbocycles. The van der Waals surface area contributed by atoms with Crippen LogP contribution in [0.25, 0.3) is 0 Å². The highest BCUT2D eigenvalue weighted by molar-refractivity contribution is 5.81. The van der Waals surface area contributed by atoms with Crippen molar-refractivity contribution in [1.29, 1.82) is 0 Å². The first-order valence-electron chi connectivity index (χ1n) is 6.66. The van der Waals surface area contributed by atoms with E-state index in [2.05, 4.69) is 0 Å². The molecule has 7 heteroatoms. The summed E-state index contributed by atoms with van der Waals surface area (Å²) in [4.78, 5) is 13.6. The van der Waals surface area contributed by atoms with Crippen LogP contribution in [0.5, 0.6) is 5.75 Å². The van der Waals surface area contributed by atoms with Crippen LogP contribution in [-0.2, 0) is 11.0 Å². The van der Waals surface area contributed by atoms with E-state index in [0.717, 1.165) is 6.07 Å². The first-order chi connectivity index (χ1) is 9.79. The fraction of sp³-hybridized carbons (Fsp3) is 0.500. The summed E-state index contributed by atoms with van der Waals surface area (Å²) in [5.74, 6) is -0.686. The summed E-state index contributed by atoms with van der Waals surface area (Å²) in [5.41, 5.74) is 4.83. The molecule has 1 aromatic rings. The summed E-state index contributed by atoms with van der Waals surface area (Å²) in [6, 6.07) is 4.78. The Balaban J connectivity index is 2.09. The minimum atomic E-state index is -4.52. The minimum Gasteiger partial charge on any atom is -0.480 e. The van der Waals surface area contributed by atoms with Crippen molar-refractivity contribution in [3.05, 3.63) is 29.8 Å². The monoisotopic (exact) mass is 302 g/mol. The molecule has 1 aromatic carbocycles. The lowest BCUT2D eigenvalue weighted by Crippen LogP contribution is -2.40. The van der Waals surface area contributed by atoms with Crippen molar-refractivity contribution in [3.63, 3.8) is 0 Å². The number of rotatable bonds is 3. The smallest absolute Gasteiger partial charge is 0.419 e. The van der Waals surface area contributed by atoms with E-state index in [1.54, 1.807) is 0 Å². The number of para-hydroxylation sites is 1. The van der Waals surface area contributed by atoms with Gasteiger partial charge in [0.1, 0.15) is 5.75 Å². The molecule has 1 aliphatic heterocycles. The molecule has 2 N–H and O–H groups in total. The van der Waals surface area contributed by atoms with Crippen molar-refractivity contribution in [3.8, 4) is 5.75 Å². The van der Waals surface area contributed by atoms with Gasteiger partial charge in [0.2, 0.25) is 0 Å². The quantitative estimate of drug-likeness (QED) is 0.929. The SMILES string of the molecule is C[C@H](Oc1ccccc1C(F)(F)F)C(=O)N1CC[C@H](N)C1. The van der Waals surface area contributed by atoms with Gasteiger partial charge in [0.25, 0.3) is 5.91 Å².